The van der Waals surface area contributed by atoms with Gasteiger partial charge in [0, 0.05) is 0 Å². The minimum absolute atomic E-state index is 0.219. The summed E-state index contributed by atoms with van der Waals surface area (Å²) < 4.78 is 39.0. The molecule has 0 amide bonds. The molecule has 0 fully saturated rings. The number of halogens is 4. The average molecular weight is 307 g/mol. The Labute approximate surface area is 103 Å². The Balaban J connectivity index is 2.57. The molecule has 1 aromatic carbocycles. The summed E-state index contributed by atoms with van der Waals surface area (Å²) in [6.45, 7) is 0. The third-order valence-electron chi connectivity index (χ3n) is 2.11. The molecule has 2 aromatic rings. The Kier molecular flexibility index (Phi) is 3.08. The monoisotopic (exact) mass is 306 g/mol. The summed E-state index contributed by atoms with van der Waals surface area (Å²) in [5, 5.41) is 1.70. The largest absolute Gasteiger partial charge is 0.417 e. The first-order valence-electron chi connectivity index (χ1n) is 4.39. The van der Waals surface area contributed by atoms with Gasteiger partial charge in [-0.15, -0.1) is 11.3 Å². The summed E-state index contributed by atoms with van der Waals surface area (Å²) in [4.78, 5) is 0. The summed E-state index contributed by atoms with van der Waals surface area (Å²) in [5.41, 5.74) is 0.210. The van der Waals surface area contributed by atoms with Gasteiger partial charge >= 0.3 is 6.18 Å². The van der Waals surface area contributed by atoms with Crippen molar-refractivity contribution in [2.75, 3.05) is 0 Å². The lowest BCUT2D eigenvalue weighted by molar-refractivity contribution is -0.137. The van der Waals surface area contributed by atoms with Gasteiger partial charge in [-0.3, -0.25) is 0 Å². The number of alkyl halides is 3. The van der Waals surface area contributed by atoms with Crippen molar-refractivity contribution in [3.63, 3.8) is 0 Å². The van der Waals surface area contributed by atoms with Crippen molar-refractivity contribution in [1.29, 1.82) is 0 Å². The highest BCUT2D eigenvalue weighted by molar-refractivity contribution is 9.11. The maximum atomic E-state index is 12.7. The molecule has 0 saturated heterocycles. The molecule has 5 heteroatoms. The van der Waals surface area contributed by atoms with E-state index in [9.17, 15) is 13.2 Å². The van der Waals surface area contributed by atoms with Crippen LogP contribution in [0.3, 0.4) is 0 Å². The van der Waals surface area contributed by atoms with Crippen molar-refractivity contribution < 1.29 is 13.2 Å². The number of benzene rings is 1. The molecule has 0 N–H and O–H groups in total. The molecule has 0 saturated carbocycles. The highest BCUT2D eigenvalue weighted by Crippen LogP contribution is 2.38. The zero-order chi connectivity index (χ0) is 11.8. The topological polar surface area (TPSA) is 0 Å². The van der Waals surface area contributed by atoms with Crippen molar-refractivity contribution in [3.8, 4) is 11.1 Å². The summed E-state index contributed by atoms with van der Waals surface area (Å²) in [6.07, 6.45) is -4.31. The molecule has 0 aliphatic carbocycles. The van der Waals surface area contributed by atoms with Crippen LogP contribution in [0.15, 0.2) is 39.5 Å². The van der Waals surface area contributed by atoms with E-state index in [1.165, 1.54) is 23.5 Å². The zero-order valence-corrected chi connectivity index (χ0v) is 10.3. The Bertz CT molecular complexity index is 502. The molecule has 2 rings (SSSR count). The first-order valence-corrected chi connectivity index (χ1v) is 6.06. The van der Waals surface area contributed by atoms with Crippen molar-refractivity contribution in [2.45, 2.75) is 6.18 Å². The van der Waals surface area contributed by atoms with Gasteiger partial charge in [0.25, 0.3) is 0 Å². The quantitative estimate of drug-likeness (QED) is 0.679. The first-order chi connectivity index (χ1) is 7.48. The molecular weight excluding hydrogens is 301 g/mol. The zero-order valence-electron chi connectivity index (χ0n) is 7.88. The van der Waals surface area contributed by atoms with E-state index in [2.05, 4.69) is 15.9 Å². The lowest BCUT2D eigenvalue weighted by Crippen LogP contribution is -2.06. The Morgan fingerprint density at radius 3 is 2.38 bits per heavy atom. The Morgan fingerprint density at radius 1 is 1.12 bits per heavy atom. The molecule has 0 spiro atoms. The molecule has 0 unspecified atom stereocenters. The van der Waals surface area contributed by atoms with Crippen LogP contribution in [0.5, 0.6) is 0 Å². The maximum absolute atomic E-state index is 12.7. The molecule has 16 heavy (non-hydrogen) atoms. The standard InChI is InChI=1S/C11H6BrF3S/c12-10-5-7(6-16-10)8-3-1-2-4-9(8)11(13,14)15/h1-6H. The van der Waals surface area contributed by atoms with Crippen LogP contribution in [0.2, 0.25) is 0 Å². The van der Waals surface area contributed by atoms with Gasteiger partial charge in [-0.2, -0.15) is 13.2 Å². The second-order valence-electron chi connectivity index (χ2n) is 3.18. The molecule has 0 bridgehead atoms. The van der Waals surface area contributed by atoms with Crippen LogP contribution >= 0.6 is 27.3 Å². The third-order valence-corrected chi connectivity index (χ3v) is 3.62. The van der Waals surface area contributed by atoms with Crippen molar-refractivity contribution in [2.24, 2.45) is 0 Å². The van der Waals surface area contributed by atoms with E-state index in [1.54, 1.807) is 17.5 Å². The molecule has 0 aliphatic rings. The van der Waals surface area contributed by atoms with Crippen molar-refractivity contribution in [1.82, 2.24) is 0 Å². The third kappa shape index (κ3) is 2.30. The lowest BCUT2D eigenvalue weighted by Gasteiger charge is -2.11. The second-order valence-corrected chi connectivity index (χ2v) is 5.47. The van der Waals surface area contributed by atoms with Crippen LogP contribution < -0.4 is 0 Å². The van der Waals surface area contributed by atoms with Crippen LogP contribution in [0, 0.1) is 0 Å². The average Bonchev–Trinajstić information content (AvgIpc) is 2.64. The molecule has 0 radical (unpaired) electrons. The molecule has 0 nitrogen and oxygen atoms in total. The summed E-state index contributed by atoms with van der Waals surface area (Å²) in [7, 11) is 0. The van der Waals surface area contributed by atoms with E-state index in [4.69, 9.17) is 0 Å². The summed E-state index contributed by atoms with van der Waals surface area (Å²) in [6, 6.07) is 7.28. The minimum atomic E-state index is -4.31. The van der Waals surface area contributed by atoms with E-state index in [0.29, 0.717) is 5.56 Å². The molecule has 1 aromatic heterocycles. The van der Waals surface area contributed by atoms with Gasteiger partial charge in [0.15, 0.2) is 0 Å². The van der Waals surface area contributed by atoms with Crippen molar-refractivity contribution >= 4 is 27.3 Å². The van der Waals surface area contributed by atoms with E-state index >= 15 is 0 Å². The van der Waals surface area contributed by atoms with Crippen LogP contribution in [0.25, 0.3) is 11.1 Å². The Hall–Kier alpha value is -0.810. The fraction of sp³-hybridized carbons (Fsp3) is 0.0909. The van der Waals surface area contributed by atoms with Gasteiger partial charge < -0.3 is 0 Å². The first kappa shape index (κ1) is 11.7. The van der Waals surface area contributed by atoms with Crippen LogP contribution in [0.1, 0.15) is 5.56 Å². The SMILES string of the molecule is FC(F)(F)c1ccccc1-c1csc(Br)c1. The van der Waals surface area contributed by atoms with E-state index in [0.717, 1.165) is 9.85 Å². The molecule has 1 heterocycles. The molecule has 84 valence electrons. The van der Waals surface area contributed by atoms with Gasteiger partial charge in [0.2, 0.25) is 0 Å². The van der Waals surface area contributed by atoms with Gasteiger partial charge in [0.05, 0.1) is 9.35 Å². The summed E-state index contributed by atoms with van der Waals surface area (Å²) in [5.74, 6) is 0. The molecular formula is C11H6BrF3S. The number of hydrogen-bond acceptors (Lipinski definition) is 1. The van der Waals surface area contributed by atoms with E-state index in [1.807, 2.05) is 0 Å². The minimum Gasteiger partial charge on any atom is -0.166 e. The van der Waals surface area contributed by atoms with Crippen LogP contribution in [0.4, 0.5) is 13.2 Å². The number of thiophene rings is 1. The maximum Gasteiger partial charge on any atom is 0.417 e. The fourth-order valence-corrected chi connectivity index (χ4v) is 2.59. The van der Waals surface area contributed by atoms with Gasteiger partial charge in [-0.25, -0.2) is 0 Å². The number of hydrogen-bond donors (Lipinski definition) is 0. The number of rotatable bonds is 1. The van der Waals surface area contributed by atoms with E-state index < -0.39 is 11.7 Å². The van der Waals surface area contributed by atoms with Gasteiger partial charge in [0.1, 0.15) is 0 Å². The van der Waals surface area contributed by atoms with Crippen LogP contribution in [-0.4, -0.2) is 0 Å². The molecule has 0 aliphatic heterocycles. The normalized spacial score (nSPS) is 11.8. The second kappa shape index (κ2) is 4.22. The highest BCUT2D eigenvalue weighted by atomic mass is 79.9. The Morgan fingerprint density at radius 2 is 1.81 bits per heavy atom. The lowest BCUT2D eigenvalue weighted by atomic mass is 10.0. The van der Waals surface area contributed by atoms with Gasteiger partial charge in [-0.05, 0) is 44.6 Å². The van der Waals surface area contributed by atoms with Crippen LogP contribution in [-0.2, 0) is 6.18 Å². The highest BCUT2D eigenvalue weighted by Gasteiger charge is 2.33. The fourth-order valence-electron chi connectivity index (χ4n) is 1.43. The summed E-state index contributed by atoms with van der Waals surface area (Å²) >= 11 is 4.61. The van der Waals surface area contributed by atoms with Gasteiger partial charge in [-0.1, -0.05) is 18.2 Å². The smallest absolute Gasteiger partial charge is 0.166 e. The predicted octanol–water partition coefficient (Wildman–Crippen LogP) is 5.20. The van der Waals surface area contributed by atoms with E-state index in [-0.39, 0.29) is 5.56 Å². The molecule has 0 atom stereocenters. The predicted molar refractivity (Wildman–Crippen MR) is 62.5 cm³/mol. The van der Waals surface area contributed by atoms with Crippen molar-refractivity contribution in [3.05, 3.63) is 45.1 Å².